The summed E-state index contributed by atoms with van der Waals surface area (Å²) < 4.78 is 10.4. The van der Waals surface area contributed by atoms with Gasteiger partial charge in [-0.1, -0.05) is 19.0 Å². The van der Waals surface area contributed by atoms with Gasteiger partial charge in [-0.25, -0.2) is 0 Å². The number of amides is 1. The Hall–Kier alpha value is -2.56. The number of hydrogen-bond donors (Lipinski definition) is 1. The molecule has 2 aromatic heterocycles. The van der Waals surface area contributed by atoms with Crippen LogP contribution in [0.2, 0.25) is 0 Å². The van der Waals surface area contributed by atoms with Crippen LogP contribution in [-0.4, -0.2) is 11.1 Å². The zero-order valence-electron chi connectivity index (χ0n) is 13.8. The molecule has 0 aliphatic heterocycles. The van der Waals surface area contributed by atoms with Crippen molar-refractivity contribution in [2.75, 3.05) is 5.32 Å². The van der Waals surface area contributed by atoms with E-state index in [2.05, 4.69) is 37.3 Å². The average molecular weight is 312 g/mol. The highest BCUT2D eigenvalue weighted by Crippen LogP contribution is 2.29. The van der Waals surface area contributed by atoms with Crippen LogP contribution < -0.4 is 5.32 Å². The largest absolute Gasteiger partial charge is 0.464 e. The fourth-order valence-corrected chi connectivity index (χ4v) is 2.76. The van der Waals surface area contributed by atoms with Crippen LogP contribution in [0, 0.1) is 13.8 Å². The molecule has 2 heterocycles. The number of carbonyl (C=O) groups is 1. The van der Waals surface area contributed by atoms with Crippen LogP contribution in [0.1, 0.15) is 42.0 Å². The summed E-state index contributed by atoms with van der Waals surface area (Å²) in [5.74, 6) is 0.742. The quantitative estimate of drug-likeness (QED) is 0.778. The summed E-state index contributed by atoms with van der Waals surface area (Å²) in [5.41, 5.74) is 4.96. The van der Waals surface area contributed by atoms with E-state index in [1.807, 2.05) is 13.0 Å². The van der Waals surface area contributed by atoms with E-state index in [-0.39, 0.29) is 12.3 Å². The summed E-state index contributed by atoms with van der Waals surface area (Å²) in [6.07, 6.45) is 3.39. The molecule has 5 nitrogen and oxygen atoms in total. The molecule has 0 bridgehead atoms. The Morgan fingerprint density at radius 2 is 2.00 bits per heavy atom. The molecule has 0 saturated heterocycles. The van der Waals surface area contributed by atoms with E-state index >= 15 is 0 Å². The molecule has 120 valence electrons. The molecule has 0 saturated carbocycles. The van der Waals surface area contributed by atoms with Gasteiger partial charge in [0, 0.05) is 16.5 Å². The van der Waals surface area contributed by atoms with Gasteiger partial charge in [0.2, 0.25) is 5.91 Å². The number of carbonyl (C=O) groups excluding carboxylic acids is 1. The number of nitrogens with zero attached hydrogens (tertiary/aromatic N) is 1. The Morgan fingerprint density at radius 1 is 1.22 bits per heavy atom. The molecular formula is C18H20N2O3. The molecule has 0 atom stereocenters. The Bertz CT molecular complexity index is 858. The third-order valence-electron chi connectivity index (χ3n) is 4.02. The van der Waals surface area contributed by atoms with Gasteiger partial charge in [0.1, 0.15) is 11.8 Å². The average Bonchev–Trinajstić information content (AvgIpc) is 3.05. The minimum Gasteiger partial charge on any atom is -0.464 e. The first-order valence-electron chi connectivity index (χ1n) is 7.67. The second-order valence-corrected chi connectivity index (χ2v) is 6.19. The molecule has 3 aromatic rings. The highest BCUT2D eigenvalue weighted by molar-refractivity contribution is 5.95. The van der Waals surface area contributed by atoms with Crippen molar-refractivity contribution in [3.63, 3.8) is 0 Å². The number of nitrogens with one attached hydrogen (secondary N) is 1. The van der Waals surface area contributed by atoms with Crippen molar-refractivity contribution in [3.05, 3.63) is 46.9 Å². The van der Waals surface area contributed by atoms with Crippen molar-refractivity contribution in [1.82, 2.24) is 5.16 Å². The predicted molar refractivity (Wildman–Crippen MR) is 88.6 cm³/mol. The molecule has 23 heavy (non-hydrogen) atoms. The van der Waals surface area contributed by atoms with Crippen LogP contribution in [0.25, 0.3) is 11.0 Å². The number of hydrogen-bond acceptors (Lipinski definition) is 4. The van der Waals surface area contributed by atoms with E-state index in [1.54, 1.807) is 6.26 Å². The molecule has 1 aromatic carbocycles. The molecule has 3 rings (SSSR count). The Morgan fingerprint density at radius 3 is 2.65 bits per heavy atom. The minimum absolute atomic E-state index is 0.142. The Kier molecular flexibility index (Phi) is 3.94. The third kappa shape index (κ3) is 2.99. The second-order valence-electron chi connectivity index (χ2n) is 6.19. The first-order chi connectivity index (χ1) is 11.0. The number of furan rings is 1. The summed E-state index contributed by atoms with van der Waals surface area (Å²) in [6.45, 7) is 8.23. The highest BCUT2D eigenvalue weighted by atomic mass is 16.5. The lowest BCUT2D eigenvalue weighted by molar-refractivity contribution is -0.115. The van der Waals surface area contributed by atoms with Crippen LogP contribution in [0.15, 0.2) is 33.6 Å². The summed E-state index contributed by atoms with van der Waals surface area (Å²) in [6, 6.07) is 4.16. The summed E-state index contributed by atoms with van der Waals surface area (Å²) in [4.78, 5) is 12.2. The van der Waals surface area contributed by atoms with Crippen LogP contribution in [0.4, 0.5) is 5.82 Å². The number of anilines is 1. The van der Waals surface area contributed by atoms with Gasteiger partial charge in [-0.15, -0.1) is 0 Å². The van der Waals surface area contributed by atoms with Gasteiger partial charge in [0.25, 0.3) is 0 Å². The maximum atomic E-state index is 12.2. The van der Waals surface area contributed by atoms with Gasteiger partial charge >= 0.3 is 0 Å². The topological polar surface area (TPSA) is 68.3 Å². The zero-order valence-corrected chi connectivity index (χ0v) is 13.8. The van der Waals surface area contributed by atoms with E-state index in [0.29, 0.717) is 11.7 Å². The molecule has 0 aliphatic rings. The fraction of sp³-hybridized carbons (Fsp3) is 0.333. The molecule has 1 N–H and O–H groups in total. The van der Waals surface area contributed by atoms with Gasteiger partial charge in [-0.3, -0.25) is 4.79 Å². The molecule has 5 heteroatoms. The normalized spacial score (nSPS) is 11.3. The van der Waals surface area contributed by atoms with E-state index in [0.717, 1.165) is 22.1 Å². The highest BCUT2D eigenvalue weighted by Gasteiger charge is 2.15. The maximum absolute atomic E-state index is 12.2. The van der Waals surface area contributed by atoms with Gasteiger partial charge in [0.15, 0.2) is 5.82 Å². The van der Waals surface area contributed by atoms with E-state index in [1.165, 1.54) is 17.4 Å². The van der Waals surface area contributed by atoms with Crippen LogP contribution in [-0.2, 0) is 11.2 Å². The van der Waals surface area contributed by atoms with Gasteiger partial charge in [0.05, 0.1) is 12.7 Å². The lowest BCUT2D eigenvalue weighted by Gasteiger charge is -2.10. The number of aryl methyl sites for hydroxylation is 2. The van der Waals surface area contributed by atoms with Gasteiger partial charge < -0.3 is 14.3 Å². The van der Waals surface area contributed by atoms with E-state index in [4.69, 9.17) is 8.94 Å². The molecule has 0 aliphatic carbocycles. The molecular weight excluding hydrogens is 292 g/mol. The van der Waals surface area contributed by atoms with Crippen molar-refractivity contribution >= 4 is 22.7 Å². The monoisotopic (exact) mass is 312 g/mol. The maximum Gasteiger partial charge on any atom is 0.230 e. The fourth-order valence-electron chi connectivity index (χ4n) is 2.76. The predicted octanol–water partition coefficient (Wildman–Crippen LogP) is 4.34. The minimum atomic E-state index is -0.142. The van der Waals surface area contributed by atoms with Crippen molar-refractivity contribution in [2.45, 2.75) is 40.0 Å². The summed E-state index contributed by atoms with van der Waals surface area (Å²) in [5, 5.41) is 7.51. The van der Waals surface area contributed by atoms with Gasteiger partial charge in [-0.2, -0.15) is 0 Å². The van der Waals surface area contributed by atoms with Crippen molar-refractivity contribution in [3.8, 4) is 0 Å². The van der Waals surface area contributed by atoms with Crippen molar-refractivity contribution in [2.24, 2.45) is 0 Å². The molecule has 0 unspecified atom stereocenters. The van der Waals surface area contributed by atoms with Crippen molar-refractivity contribution in [1.29, 1.82) is 0 Å². The third-order valence-corrected chi connectivity index (χ3v) is 4.02. The summed E-state index contributed by atoms with van der Waals surface area (Å²) >= 11 is 0. The Balaban J connectivity index is 1.87. The number of aromatic nitrogens is 1. The second kappa shape index (κ2) is 5.91. The standard InChI is InChI=1S/C18H20N2O3/c1-10(2)14-7-15-13(9-22-16(15)5-11(14)3)6-17(21)19-18-12(4)8-23-20-18/h5,7-10H,6H2,1-4H3,(H,19,20,21). The molecule has 0 spiro atoms. The zero-order chi connectivity index (χ0) is 16.6. The Labute approximate surface area is 134 Å². The van der Waals surface area contributed by atoms with Crippen LogP contribution in [0.3, 0.4) is 0 Å². The molecule has 1 amide bonds. The number of benzene rings is 1. The van der Waals surface area contributed by atoms with Crippen LogP contribution in [0.5, 0.6) is 0 Å². The van der Waals surface area contributed by atoms with Gasteiger partial charge in [-0.05, 0) is 43.0 Å². The molecule has 0 radical (unpaired) electrons. The lowest BCUT2D eigenvalue weighted by atomic mass is 9.95. The first kappa shape index (κ1) is 15.3. The SMILES string of the molecule is Cc1cc2occ(CC(=O)Nc3nocc3C)c2cc1C(C)C. The lowest BCUT2D eigenvalue weighted by Crippen LogP contribution is -2.15. The smallest absolute Gasteiger partial charge is 0.230 e. The first-order valence-corrected chi connectivity index (χ1v) is 7.67. The van der Waals surface area contributed by atoms with E-state index in [9.17, 15) is 4.79 Å². The van der Waals surface area contributed by atoms with E-state index < -0.39 is 0 Å². The summed E-state index contributed by atoms with van der Waals surface area (Å²) in [7, 11) is 0. The van der Waals surface area contributed by atoms with Crippen LogP contribution >= 0.6 is 0 Å². The van der Waals surface area contributed by atoms with Crippen molar-refractivity contribution < 1.29 is 13.7 Å². The number of fused-ring (bicyclic) bond motifs is 1. The molecule has 0 fully saturated rings. The number of rotatable bonds is 4.